The third-order valence-electron chi connectivity index (χ3n) is 3.76. The van der Waals surface area contributed by atoms with E-state index in [-0.39, 0.29) is 5.41 Å². The zero-order valence-corrected chi connectivity index (χ0v) is 11.7. The Morgan fingerprint density at radius 3 is 2.35 bits per heavy atom. The summed E-state index contributed by atoms with van der Waals surface area (Å²) in [6.45, 7) is 11.2. The lowest BCUT2D eigenvalue weighted by molar-refractivity contribution is 0.428. The molecule has 0 unspecified atom stereocenters. The number of anilines is 1. The van der Waals surface area contributed by atoms with Crippen LogP contribution in [0.2, 0.25) is 0 Å². The molecule has 1 aliphatic heterocycles. The molecule has 2 rings (SSSR count). The minimum atomic E-state index is 0.223. The predicted molar refractivity (Wildman–Crippen MR) is 74.9 cm³/mol. The van der Waals surface area contributed by atoms with E-state index in [0.717, 1.165) is 13.1 Å². The third kappa shape index (κ3) is 2.47. The molecule has 0 bridgehead atoms. The van der Waals surface area contributed by atoms with Crippen LogP contribution in [0, 0.1) is 6.92 Å². The van der Waals surface area contributed by atoms with Gasteiger partial charge in [-0.15, -0.1) is 0 Å². The highest BCUT2D eigenvalue weighted by atomic mass is 15.2. The van der Waals surface area contributed by atoms with Crippen molar-refractivity contribution in [2.75, 3.05) is 25.0 Å². The van der Waals surface area contributed by atoms with Gasteiger partial charge in [-0.2, -0.15) is 0 Å². The minimum Gasteiger partial charge on any atom is -0.369 e. The fraction of sp³-hybridized carbons (Fsp3) is 0.600. The summed E-state index contributed by atoms with van der Waals surface area (Å²) < 4.78 is 0. The molecule has 1 heterocycles. The van der Waals surface area contributed by atoms with Gasteiger partial charge >= 0.3 is 0 Å². The molecule has 0 aliphatic carbocycles. The lowest BCUT2D eigenvalue weighted by Crippen LogP contribution is -2.56. The summed E-state index contributed by atoms with van der Waals surface area (Å²) in [4.78, 5) is 2.42. The van der Waals surface area contributed by atoms with Gasteiger partial charge in [-0.3, -0.25) is 0 Å². The van der Waals surface area contributed by atoms with Crippen molar-refractivity contribution in [3.63, 3.8) is 0 Å². The molecule has 1 saturated heterocycles. The standard InChI is InChI=1S/C15H24N2/c1-11-6-7-12(15(2,3)4)8-14(11)17(5)13-9-16-10-13/h6-8,13,16H,9-10H2,1-5H3. The van der Waals surface area contributed by atoms with Crippen molar-refractivity contribution in [3.8, 4) is 0 Å². The normalized spacial score (nSPS) is 16.8. The van der Waals surface area contributed by atoms with Crippen molar-refractivity contribution in [1.29, 1.82) is 0 Å². The smallest absolute Gasteiger partial charge is 0.0535 e. The first kappa shape index (κ1) is 12.4. The van der Waals surface area contributed by atoms with Crippen LogP contribution in [0.25, 0.3) is 0 Å². The number of rotatable bonds is 2. The average Bonchev–Trinajstić information content (AvgIpc) is 2.13. The van der Waals surface area contributed by atoms with Crippen molar-refractivity contribution in [2.24, 2.45) is 0 Å². The number of likely N-dealkylation sites (N-methyl/N-ethyl adjacent to an activating group) is 1. The van der Waals surface area contributed by atoms with E-state index in [2.05, 4.69) is 63.2 Å². The van der Waals surface area contributed by atoms with Gasteiger partial charge in [0.15, 0.2) is 0 Å². The summed E-state index contributed by atoms with van der Waals surface area (Å²) >= 11 is 0. The summed E-state index contributed by atoms with van der Waals surface area (Å²) in [6.07, 6.45) is 0. The van der Waals surface area contributed by atoms with Crippen LogP contribution >= 0.6 is 0 Å². The van der Waals surface area contributed by atoms with Gasteiger partial charge in [0.1, 0.15) is 0 Å². The highest BCUT2D eigenvalue weighted by molar-refractivity contribution is 5.56. The van der Waals surface area contributed by atoms with Crippen LogP contribution in [0.15, 0.2) is 18.2 Å². The maximum Gasteiger partial charge on any atom is 0.0535 e. The van der Waals surface area contributed by atoms with Gasteiger partial charge in [0, 0.05) is 25.8 Å². The quantitative estimate of drug-likeness (QED) is 0.843. The van der Waals surface area contributed by atoms with Gasteiger partial charge in [0.05, 0.1) is 6.04 Å². The van der Waals surface area contributed by atoms with Crippen molar-refractivity contribution in [1.82, 2.24) is 5.32 Å². The van der Waals surface area contributed by atoms with Gasteiger partial charge in [-0.05, 0) is 29.5 Å². The Hall–Kier alpha value is -1.02. The molecule has 2 nitrogen and oxygen atoms in total. The molecule has 1 aromatic rings. The van der Waals surface area contributed by atoms with Crippen LogP contribution in [0.4, 0.5) is 5.69 Å². The fourth-order valence-corrected chi connectivity index (χ4v) is 2.20. The zero-order valence-electron chi connectivity index (χ0n) is 11.7. The van der Waals surface area contributed by atoms with Gasteiger partial charge in [0.2, 0.25) is 0 Å². The molecule has 2 heteroatoms. The molecular formula is C15H24N2. The molecule has 0 aromatic heterocycles. The second-order valence-corrected chi connectivity index (χ2v) is 6.17. The van der Waals surface area contributed by atoms with Crippen molar-refractivity contribution >= 4 is 5.69 Å². The number of hydrogen-bond acceptors (Lipinski definition) is 2. The first-order valence-electron chi connectivity index (χ1n) is 6.44. The van der Waals surface area contributed by atoms with E-state index in [0.29, 0.717) is 6.04 Å². The van der Waals surface area contributed by atoms with Crippen molar-refractivity contribution in [3.05, 3.63) is 29.3 Å². The number of nitrogens with zero attached hydrogens (tertiary/aromatic N) is 1. The fourth-order valence-electron chi connectivity index (χ4n) is 2.20. The first-order valence-corrected chi connectivity index (χ1v) is 6.44. The molecule has 1 aliphatic rings. The van der Waals surface area contributed by atoms with E-state index >= 15 is 0 Å². The SMILES string of the molecule is Cc1ccc(C(C)(C)C)cc1N(C)C1CNC1. The van der Waals surface area contributed by atoms with E-state index in [1.54, 1.807) is 0 Å². The Bertz CT molecular complexity index is 400. The Morgan fingerprint density at radius 2 is 1.88 bits per heavy atom. The van der Waals surface area contributed by atoms with Gasteiger partial charge in [-0.25, -0.2) is 0 Å². The molecule has 0 radical (unpaired) electrons. The van der Waals surface area contributed by atoms with Crippen LogP contribution in [-0.2, 0) is 5.41 Å². The molecule has 94 valence electrons. The zero-order chi connectivity index (χ0) is 12.6. The Labute approximate surface area is 105 Å². The van der Waals surface area contributed by atoms with Crippen molar-refractivity contribution in [2.45, 2.75) is 39.2 Å². The van der Waals surface area contributed by atoms with E-state index in [1.165, 1.54) is 16.8 Å². The van der Waals surface area contributed by atoms with Gasteiger partial charge < -0.3 is 10.2 Å². The highest BCUT2D eigenvalue weighted by Crippen LogP contribution is 2.29. The van der Waals surface area contributed by atoms with Crippen LogP contribution in [-0.4, -0.2) is 26.2 Å². The molecular weight excluding hydrogens is 208 g/mol. The number of aryl methyl sites for hydroxylation is 1. The number of benzene rings is 1. The molecule has 17 heavy (non-hydrogen) atoms. The van der Waals surface area contributed by atoms with Crippen molar-refractivity contribution < 1.29 is 0 Å². The summed E-state index contributed by atoms with van der Waals surface area (Å²) in [5, 5.41) is 3.33. The lowest BCUT2D eigenvalue weighted by Gasteiger charge is -2.38. The Morgan fingerprint density at radius 1 is 1.24 bits per heavy atom. The van der Waals surface area contributed by atoms with Gasteiger partial charge in [0.25, 0.3) is 0 Å². The monoisotopic (exact) mass is 232 g/mol. The number of hydrogen-bond donors (Lipinski definition) is 1. The van der Waals surface area contributed by atoms with Gasteiger partial charge in [-0.1, -0.05) is 32.9 Å². The van der Waals surface area contributed by atoms with Crippen LogP contribution in [0.3, 0.4) is 0 Å². The minimum absolute atomic E-state index is 0.223. The Balaban J connectivity index is 2.31. The van der Waals surface area contributed by atoms with Crippen LogP contribution in [0.1, 0.15) is 31.9 Å². The second kappa shape index (κ2) is 4.34. The largest absolute Gasteiger partial charge is 0.369 e. The molecule has 1 aromatic carbocycles. The van der Waals surface area contributed by atoms with Crippen LogP contribution < -0.4 is 10.2 Å². The summed E-state index contributed by atoms with van der Waals surface area (Å²) in [6, 6.07) is 7.52. The lowest BCUT2D eigenvalue weighted by atomic mass is 9.86. The summed E-state index contributed by atoms with van der Waals surface area (Å²) in [5.41, 5.74) is 4.38. The van der Waals surface area contributed by atoms with E-state index < -0.39 is 0 Å². The third-order valence-corrected chi connectivity index (χ3v) is 3.76. The average molecular weight is 232 g/mol. The molecule has 0 saturated carbocycles. The predicted octanol–water partition coefficient (Wildman–Crippen LogP) is 2.70. The van der Waals surface area contributed by atoms with E-state index in [9.17, 15) is 0 Å². The molecule has 0 amide bonds. The second-order valence-electron chi connectivity index (χ2n) is 6.17. The highest BCUT2D eigenvalue weighted by Gasteiger charge is 2.24. The molecule has 0 spiro atoms. The van der Waals surface area contributed by atoms with Crippen LogP contribution in [0.5, 0.6) is 0 Å². The Kier molecular flexibility index (Phi) is 3.17. The maximum absolute atomic E-state index is 3.33. The summed E-state index contributed by atoms with van der Waals surface area (Å²) in [7, 11) is 2.21. The van der Waals surface area contributed by atoms with E-state index in [4.69, 9.17) is 0 Å². The first-order chi connectivity index (χ1) is 7.89. The number of nitrogens with one attached hydrogen (secondary N) is 1. The molecule has 1 N–H and O–H groups in total. The maximum atomic E-state index is 3.33. The topological polar surface area (TPSA) is 15.3 Å². The molecule has 1 fully saturated rings. The summed E-state index contributed by atoms with van der Waals surface area (Å²) in [5.74, 6) is 0. The van der Waals surface area contributed by atoms with E-state index in [1.807, 2.05) is 0 Å². The molecule has 0 atom stereocenters.